The number of carbonyl (C=O) groups excluding carboxylic acids is 1. The van der Waals surface area contributed by atoms with Crippen LogP contribution in [0, 0.1) is 5.82 Å². The number of aromatic nitrogens is 3. The van der Waals surface area contributed by atoms with Crippen LogP contribution in [0.25, 0.3) is 22.0 Å². The lowest BCUT2D eigenvalue weighted by molar-refractivity contribution is -0.111. The molecule has 2 aromatic heterocycles. The highest BCUT2D eigenvalue weighted by Crippen LogP contribution is 2.31. The van der Waals surface area contributed by atoms with Crippen LogP contribution in [-0.2, 0) is 4.79 Å². The van der Waals surface area contributed by atoms with Crippen molar-refractivity contribution < 1.29 is 13.9 Å². The van der Waals surface area contributed by atoms with E-state index in [1.165, 1.54) is 18.2 Å². The van der Waals surface area contributed by atoms with Gasteiger partial charge in [-0.05, 0) is 56.1 Å². The molecular formula is C26H25FN6O2. The quantitative estimate of drug-likeness (QED) is 0.343. The summed E-state index contributed by atoms with van der Waals surface area (Å²) in [5, 5.41) is 6.65. The van der Waals surface area contributed by atoms with E-state index in [9.17, 15) is 9.18 Å². The van der Waals surface area contributed by atoms with E-state index in [0.29, 0.717) is 46.3 Å². The summed E-state index contributed by atoms with van der Waals surface area (Å²) in [6.45, 7) is 4.69. The van der Waals surface area contributed by atoms with Gasteiger partial charge in [-0.2, -0.15) is 0 Å². The van der Waals surface area contributed by atoms with Crippen molar-refractivity contribution in [1.29, 1.82) is 0 Å². The zero-order valence-electron chi connectivity index (χ0n) is 19.5. The number of benzene rings is 2. The highest BCUT2D eigenvalue weighted by atomic mass is 19.1. The Balaban J connectivity index is 1.64. The molecule has 2 aromatic carbocycles. The molecule has 0 aliphatic carbocycles. The molecule has 4 aromatic rings. The average Bonchev–Trinajstić information content (AvgIpc) is 2.84. The molecule has 178 valence electrons. The molecule has 0 aliphatic heterocycles. The lowest BCUT2D eigenvalue weighted by Gasteiger charge is -2.16. The molecule has 0 fully saturated rings. The molecule has 8 nitrogen and oxygen atoms in total. The zero-order valence-corrected chi connectivity index (χ0v) is 19.5. The second-order valence-corrected chi connectivity index (χ2v) is 8.01. The number of hydrogen-bond acceptors (Lipinski definition) is 7. The summed E-state index contributed by atoms with van der Waals surface area (Å²) in [7, 11) is 3.91. The molecule has 0 aliphatic rings. The number of nitrogens with zero attached hydrogens (tertiary/aromatic N) is 4. The molecule has 35 heavy (non-hydrogen) atoms. The zero-order chi connectivity index (χ0) is 24.8. The van der Waals surface area contributed by atoms with Crippen molar-refractivity contribution in [3.8, 4) is 16.9 Å². The van der Waals surface area contributed by atoms with E-state index in [2.05, 4.69) is 32.2 Å². The topological polar surface area (TPSA) is 92.3 Å². The highest BCUT2D eigenvalue weighted by Gasteiger charge is 2.12. The van der Waals surface area contributed by atoms with E-state index in [0.717, 1.165) is 11.9 Å². The van der Waals surface area contributed by atoms with Crippen molar-refractivity contribution in [2.45, 2.75) is 0 Å². The Morgan fingerprint density at radius 1 is 1.17 bits per heavy atom. The van der Waals surface area contributed by atoms with Crippen molar-refractivity contribution in [3.63, 3.8) is 0 Å². The maximum absolute atomic E-state index is 13.8. The standard InChI is InChI=1S/C26H25FN6O2/c1-4-24(34)31-22-13-20(8-9-23(22)35-11-10-33(2)3)30-26-29-15-18-14-28-16-21(25(18)32-26)17-6-5-7-19(27)12-17/h4-9,12-16H,1,10-11H2,2-3H3,(H,31,34)(H,29,30,32). The maximum Gasteiger partial charge on any atom is 0.247 e. The Hall–Kier alpha value is -4.37. The summed E-state index contributed by atoms with van der Waals surface area (Å²) >= 11 is 0. The average molecular weight is 473 g/mol. The van der Waals surface area contributed by atoms with Gasteiger partial charge in [0.05, 0.1) is 11.2 Å². The van der Waals surface area contributed by atoms with Crippen LogP contribution in [0.5, 0.6) is 5.75 Å². The van der Waals surface area contributed by atoms with Crippen LogP contribution < -0.4 is 15.4 Å². The Bertz CT molecular complexity index is 1380. The number of hydrogen-bond donors (Lipinski definition) is 2. The first-order chi connectivity index (χ1) is 16.9. The number of nitrogens with one attached hydrogen (secondary N) is 2. The molecule has 9 heteroatoms. The second-order valence-electron chi connectivity index (χ2n) is 8.01. The van der Waals surface area contributed by atoms with Crippen LogP contribution in [0.1, 0.15) is 0 Å². The maximum atomic E-state index is 13.8. The summed E-state index contributed by atoms with van der Waals surface area (Å²) in [6.07, 6.45) is 6.15. The fourth-order valence-corrected chi connectivity index (χ4v) is 3.36. The van der Waals surface area contributed by atoms with Gasteiger partial charge in [0, 0.05) is 41.8 Å². The number of likely N-dealkylation sites (N-methyl/N-ethyl adjacent to an activating group) is 1. The molecule has 4 rings (SSSR count). The van der Waals surface area contributed by atoms with Gasteiger partial charge in [0.1, 0.15) is 18.2 Å². The third kappa shape index (κ3) is 5.96. The Morgan fingerprint density at radius 3 is 2.80 bits per heavy atom. The van der Waals surface area contributed by atoms with Crippen molar-refractivity contribution >= 4 is 34.1 Å². The molecular weight excluding hydrogens is 447 g/mol. The van der Waals surface area contributed by atoms with Crippen LogP contribution in [0.3, 0.4) is 0 Å². The Labute approximate surface area is 202 Å². The van der Waals surface area contributed by atoms with Crippen LogP contribution in [-0.4, -0.2) is 53.0 Å². The molecule has 0 saturated carbocycles. The van der Waals surface area contributed by atoms with Crippen LogP contribution in [0.15, 0.2) is 73.7 Å². The van der Waals surface area contributed by atoms with E-state index in [1.807, 2.05) is 25.1 Å². The van der Waals surface area contributed by atoms with Gasteiger partial charge in [0.15, 0.2) is 0 Å². The first kappa shape index (κ1) is 23.8. The van der Waals surface area contributed by atoms with E-state index < -0.39 is 0 Å². The number of pyridine rings is 1. The lowest BCUT2D eigenvalue weighted by Crippen LogP contribution is -2.20. The minimum Gasteiger partial charge on any atom is -0.490 e. The summed E-state index contributed by atoms with van der Waals surface area (Å²) in [4.78, 5) is 27.2. The molecule has 0 spiro atoms. The van der Waals surface area contributed by atoms with Crippen LogP contribution in [0.2, 0.25) is 0 Å². The highest BCUT2D eigenvalue weighted by molar-refractivity contribution is 6.00. The Kier molecular flexibility index (Phi) is 7.27. The fraction of sp³-hybridized carbons (Fsp3) is 0.154. The van der Waals surface area contributed by atoms with E-state index in [-0.39, 0.29) is 11.7 Å². The molecule has 0 atom stereocenters. The van der Waals surface area contributed by atoms with Gasteiger partial charge in [-0.1, -0.05) is 18.7 Å². The Morgan fingerprint density at radius 2 is 2.03 bits per heavy atom. The monoisotopic (exact) mass is 472 g/mol. The predicted octanol–water partition coefficient (Wildman–Crippen LogP) is 4.64. The van der Waals surface area contributed by atoms with Crippen LogP contribution in [0.4, 0.5) is 21.7 Å². The SMILES string of the molecule is C=CC(=O)Nc1cc(Nc2ncc3cncc(-c4cccc(F)c4)c3n2)ccc1OCCN(C)C. The first-order valence-electron chi connectivity index (χ1n) is 10.9. The normalized spacial score (nSPS) is 10.9. The van der Waals surface area contributed by atoms with Crippen molar-refractivity contribution in [3.05, 3.63) is 79.5 Å². The van der Waals surface area contributed by atoms with Crippen molar-refractivity contribution in [1.82, 2.24) is 19.9 Å². The molecule has 2 N–H and O–H groups in total. The predicted molar refractivity (Wildman–Crippen MR) is 135 cm³/mol. The van der Waals surface area contributed by atoms with Crippen molar-refractivity contribution in [2.24, 2.45) is 0 Å². The van der Waals surface area contributed by atoms with Gasteiger partial charge >= 0.3 is 0 Å². The number of halogens is 1. The van der Waals surface area contributed by atoms with Gasteiger partial charge in [-0.25, -0.2) is 14.4 Å². The van der Waals surface area contributed by atoms with Gasteiger partial charge in [-0.15, -0.1) is 0 Å². The number of amides is 1. The molecule has 0 unspecified atom stereocenters. The number of carbonyl (C=O) groups is 1. The smallest absolute Gasteiger partial charge is 0.247 e. The molecule has 1 amide bonds. The summed E-state index contributed by atoms with van der Waals surface area (Å²) < 4.78 is 19.7. The second kappa shape index (κ2) is 10.7. The first-order valence-corrected chi connectivity index (χ1v) is 10.9. The third-order valence-electron chi connectivity index (χ3n) is 5.10. The molecule has 2 heterocycles. The van der Waals surface area contributed by atoms with E-state index in [1.54, 1.807) is 42.9 Å². The van der Waals surface area contributed by atoms with Crippen molar-refractivity contribution in [2.75, 3.05) is 37.9 Å². The van der Waals surface area contributed by atoms with Gasteiger partial charge in [0.2, 0.25) is 11.9 Å². The number of anilines is 3. The third-order valence-corrected chi connectivity index (χ3v) is 5.10. The number of ether oxygens (including phenoxy) is 1. The van der Waals surface area contributed by atoms with Gasteiger partial charge in [0.25, 0.3) is 0 Å². The van der Waals surface area contributed by atoms with Gasteiger partial charge < -0.3 is 20.3 Å². The number of rotatable bonds is 9. The molecule has 0 bridgehead atoms. The van der Waals surface area contributed by atoms with E-state index >= 15 is 0 Å². The number of fused-ring (bicyclic) bond motifs is 1. The lowest BCUT2D eigenvalue weighted by atomic mass is 10.1. The van der Waals surface area contributed by atoms with Gasteiger partial charge in [-0.3, -0.25) is 9.78 Å². The molecule has 0 radical (unpaired) electrons. The minimum absolute atomic E-state index is 0.337. The minimum atomic E-state index is -0.353. The summed E-state index contributed by atoms with van der Waals surface area (Å²) in [5.41, 5.74) is 3.12. The summed E-state index contributed by atoms with van der Waals surface area (Å²) in [6, 6.07) is 11.6. The fourth-order valence-electron chi connectivity index (χ4n) is 3.36. The largest absolute Gasteiger partial charge is 0.490 e. The molecule has 0 saturated heterocycles. The van der Waals surface area contributed by atoms with E-state index in [4.69, 9.17) is 4.74 Å². The summed E-state index contributed by atoms with van der Waals surface area (Å²) in [5.74, 6) is 0.179. The van der Waals surface area contributed by atoms with Crippen LogP contribution >= 0.6 is 0 Å².